The molecule has 2 aliphatic rings. The summed E-state index contributed by atoms with van der Waals surface area (Å²) in [5, 5.41) is 63.3. The fourth-order valence-corrected chi connectivity index (χ4v) is 6.62. The van der Waals surface area contributed by atoms with E-state index in [0.717, 1.165) is 5.56 Å². The normalized spacial score (nSPS) is 26.9. The lowest BCUT2D eigenvalue weighted by Crippen LogP contribution is -2.55. The van der Waals surface area contributed by atoms with E-state index in [9.17, 15) is 39.8 Å². The fourth-order valence-electron chi connectivity index (χ4n) is 6.62. The molecule has 0 radical (unpaired) electrons. The van der Waals surface area contributed by atoms with Crippen LogP contribution in [0.2, 0.25) is 0 Å². The van der Waals surface area contributed by atoms with Crippen molar-refractivity contribution in [2.24, 2.45) is 5.92 Å². The molecule has 2 heterocycles. The number of hydrogen-bond donors (Lipinski definition) is 6. The number of phenols is 1. The van der Waals surface area contributed by atoms with Crippen molar-refractivity contribution in [1.29, 1.82) is 0 Å². The summed E-state index contributed by atoms with van der Waals surface area (Å²) in [6.07, 6.45) is -6.98. The van der Waals surface area contributed by atoms with Crippen LogP contribution in [0.5, 0.6) is 5.75 Å². The van der Waals surface area contributed by atoms with Crippen LogP contribution >= 0.6 is 0 Å². The Kier molecular flexibility index (Phi) is 9.19. The molecule has 0 saturated carbocycles. The number of anilines is 1. The molecule has 4 aromatic rings. The molecule has 6 N–H and O–H groups in total. The number of benzene rings is 4. The summed E-state index contributed by atoms with van der Waals surface area (Å²) in [6.45, 7) is -0.578. The number of aliphatic hydroxyl groups is 5. The van der Waals surface area contributed by atoms with Gasteiger partial charge < -0.3 is 40.3 Å². The van der Waals surface area contributed by atoms with Crippen molar-refractivity contribution in [3.63, 3.8) is 0 Å². The van der Waals surface area contributed by atoms with Crippen LogP contribution in [-0.2, 0) is 9.53 Å². The van der Waals surface area contributed by atoms with E-state index in [2.05, 4.69) is 0 Å². The highest BCUT2D eigenvalue weighted by Crippen LogP contribution is 2.49. The quantitative estimate of drug-likeness (QED) is 0.153. The summed E-state index contributed by atoms with van der Waals surface area (Å²) in [5.74, 6) is -1.57. The average molecular weight is 630 g/mol. The van der Waals surface area contributed by atoms with E-state index in [-0.39, 0.29) is 17.3 Å². The first kappa shape index (κ1) is 31.8. The maximum absolute atomic E-state index is 14.9. The topological polar surface area (TPSA) is 151 Å². The van der Waals surface area contributed by atoms with Gasteiger partial charge in [0.15, 0.2) is 0 Å². The standard InChI is InChI=1S/C36H36FNO8/c37-26-12-6-7-13-27(26)38-31(25(36(38)45)16-17-28(40)20-8-2-1-3-9-20)21-14-15-23(29(41)18-21)22-10-4-5-11-24(22)35-34(44)33(43)32(42)30(19-39)46-35/h1-15,18,25,28,30-35,39-44H,16-17,19H2/t25-,28+,30-,31+,32-,33+,34-,35+/m1/s1. The van der Waals surface area contributed by atoms with Crippen LogP contribution in [0, 0.1) is 11.7 Å². The van der Waals surface area contributed by atoms with Crippen molar-refractivity contribution in [1.82, 2.24) is 0 Å². The Labute approximate surface area is 265 Å². The number of para-hydroxylation sites is 1. The number of aromatic hydroxyl groups is 1. The van der Waals surface area contributed by atoms with Gasteiger partial charge in [0.2, 0.25) is 5.91 Å². The van der Waals surface area contributed by atoms with Crippen molar-refractivity contribution in [2.45, 2.75) is 55.5 Å². The monoisotopic (exact) mass is 629 g/mol. The highest BCUT2D eigenvalue weighted by Gasteiger charge is 2.49. The van der Waals surface area contributed by atoms with Gasteiger partial charge in [-0.15, -0.1) is 0 Å². The zero-order valence-corrected chi connectivity index (χ0v) is 24.8. The number of amides is 1. The van der Waals surface area contributed by atoms with Gasteiger partial charge in [-0.1, -0.05) is 78.9 Å². The van der Waals surface area contributed by atoms with E-state index in [1.807, 2.05) is 30.3 Å². The van der Waals surface area contributed by atoms with Crippen LogP contribution in [0.1, 0.15) is 47.8 Å². The van der Waals surface area contributed by atoms with E-state index in [4.69, 9.17) is 4.74 Å². The minimum Gasteiger partial charge on any atom is -0.507 e. The van der Waals surface area contributed by atoms with Gasteiger partial charge in [-0.25, -0.2) is 4.39 Å². The molecule has 1 amide bonds. The third-order valence-electron chi connectivity index (χ3n) is 9.07. The number of β-lactam (4-membered cyclic amide) rings is 1. The number of phenolic OH excluding ortho intramolecular Hbond substituents is 1. The molecule has 4 aromatic carbocycles. The lowest BCUT2D eigenvalue weighted by atomic mass is 9.77. The molecule has 2 saturated heterocycles. The van der Waals surface area contributed by atoms with E-state index in [0.29, 0.717) is 35.1 Å². The van der Waals surface area contributed by atoms with Crippen LogP contribution < -0.4 is 4.90 Å². The van der Waals surface area contributed by atoms with Crippen LogP contribution in [0.15, 0.2) is 97.1 Å². The Morgan fingerprint density at radius 2 is 1.52 bits per heavy atom. The van der Waals surface area contributed by atoms with Gasteiger partial charge in [-0.05, 0) is 53.3 Å². The largest absolute Gasteiger partial charge is 0.507 e. The number of carbonyl (C=O) groups excluding carboxylic acids is 1. The van der Waals surface area contributed by atoms with Crippen molar-refractivity contribution >= 4 is 11.6 Å². The third kappa shape index (κ3) is 5.79. The Hall–Kier alpha value is -4.16. The molecule has 8 atom stereocenters. The number of aliphatic hydroxyl groups excluding tert-OH is 5. The summed E-state index contributed by atoms with van der Waals surface area (Å²) in [6, 6.07) is 26.2. The van der Waals surface area contributed by atoms with Crippen LogP contribution in [-0.4, -0.2) is 67.6 Å². The first-order chi connectivity index (χ1) is 22.2. The number of hydrogen-bond acceptors (Lipinski definition) is 8. The van der Waals surface area contributed by atoms with E-state index in [1.54, 1.807) is 48.5 Å². The smallest absolute Gasteiger partial charge is 0.233 e. The van der Waals surface area contributed by atoms with Crippen LogP contribution in [0.3, 0.4) is 0 Å². The van der Waals surface area contributed by atoms with Crippen molar-refractivity contribution in [3.8, 4) is 16.9 Å². The zero-order chi connectivity index (χ0) is 32.5. The van der Waals surface area contributed by atoms with Crippen molar-refractivity contribution < 1.29 is 44.6 Å². The molecule has 0 aliphatic carbocycles. The predicted molar refractivity (Wildman–Crippen MR) is 167 cm³/mol. The minimum atomic E-state index is -1.57. The van der Waals surface area contributed by atoms with Crippen LogP contribution in [0.4, 0.5) is 10.1 Å². The molecular formula is C36H36FNO8. The lowest BCUT2D eigenvalue weighted by molar-refractivity contribution is -0.231. The van der Waals surface area contributed by atoms with Gasteiger partial charge in [-0.3, -0.25) is 4.79 Å². The number of carbonyl (C=O) groups is 1. The molecule has 9 nitrogen and oxygen atoms in total. The van der Waals surface area contributed by atoms with E-state index < -0.39 is 61.0 Å². The second-order valence-corrected chi connectivity index (χ2v) is 11.8. The number of nitrogens with zero attached hydrogens (tertiary/aromatic N) is 1. The molecule has 2 aliphatic heterocycles. The van der Waals surface area contributed by atoms with Gasteiger partial charge >= 0.3 is 0 Å². The summed E-state index contributed by atoms with van der Waals surface area (Å²) in [7, 11) is 0. The highest BCUT2D eigenvalue weighted by molar-refractivity contribution is 6.03. The molecule has 10 heteroatoms. The lowest BCUT2D eigenvalue weighted by Gasteiger charge is -2.48. The van der Waals surface area contributed by atoms with Crippen LogP contribution in [0.25, 0.3) is 11.1 Å². The summed E-state index contributed by atoms with van der Waals surface area (Å²) in [4.78, 5) is 14.9. The summed E-state index contributed by atoms with van der Waals surface area (Å²) in [5.41, 5.74) is 2.69. The molecule has 240 valence electrons. The molecule has 46 heavy (non-hydrogen) atoms. The first-order valence-electron chi connectivity index (χ1n) is 15.2. The zero-order valence-electron chi connectivity index (χ0n) is 24.8. The van der Waals surface area contributed by atoms with Crippen molar-refractivity contribution in [2.75, 3.05) is 11.5 Å². The third-order valence-corrected chi connectivity index (χ3v) is 9.07. The van der Waals surface area contributed by atoms with Crippen molar-refractivity contribution in [3.05, 3.63) is 120 Å². The molecule has 0 bridgehead atoms. The Morgan fingerprint density at radius 1 is 0.826 bits per heavy atom. The predicted octanol–water partition coefficient (Wildman–Crippen LogP) is 3.93. The Morgan fingerprint density at radius 3 is 2.24 bits per heavy atom. The molecular weight excluding hydrogens is 593 g/mol. The first-order valence-corrected chi connectivity index (χ1v) is 15.2. The molecule has 0 unspecified atom stereocenters. The van der Waals surface area contributed by atoms with Gasteiger partial charge in [0.05, 0.1) is 30.4 Å². The number of ether oxygens (including phenoxy) is 1. The maximum atomic E-state index is 14.9. The number of rotatable bonds is 9. The highest BCUT2D eigenvalue weighted by atomic mass is 19.1. The van der Waals surface area contributed by atoms with E-state index in [1.165, 1.54) is 23.1 Å². The molecule has 2 fully saturated rings. The minimum absolute atomic E-state index is 0.119. The second-order valence-electron chi connectivity index (χ2n) is 11.8. The van der Waals surface area contributed by atoms with Gasteiger partial charge in [0.1, 0.15) is 42.1 Å². The molecule has 0 spiro atoms. The number of halogens is 1. The van der Waals surface area contributed by atoms with Gasteiger partial charge in [0.25, 0.3) is 0 Å². The average Bonchev–Trinajstić information content (AvgIpc) is 3.07. The summed E-state index contributed by atoms with van der Waals surface area (Å²) >= 11 is 0. The van der Waals surface area contributed by atoms with Gasteiger partial charge in [-0.2, -0.15) is 0 Å². The Balaban J connectivity index is 1.32. The fraction of sp³-hybridized carbons (Fsp3) is 0.306. The van der Waals surface area contributed by atoms with Gasteiger partial charge in [0, 0.05) is 5.56 Å². The SMILES string of the molecule is O=C1[C@H](CC[C@H](O)c2ccccc2)[C@H](c2ccc(-c3ccccc3[C@@H]3O[C@H](CO)[C@@H](O)[C@H](O)[C@H]3O)c(O)c2)N1c1ccccc1F. The molecule has 6 rings (SSSR count). The summed E-state index contributed by atoms with van der Waals surface area (Å²) < 4.78 is 20.7. The molecule has 0 aromatic heterocycles. The second kappa shape index (κ2) is 13.3. The maximum Gasteiger partial charge on any atom is 0.233 e. The Bertz CT molecular complexity index is 1680. The van der Waals surface area contributed by atoms with E-state index >= 15 is 0 Å².